The topological polar surface area (TPSA) is 73.6 Å². The molecule has 1 atom stereocenters. The van der Waals surface area contributed by atoms with Crippen molar-refractivity contribution in [2.24, 2.45) is 5.92 Å². The lowest BCUT2D eigenvalue weighted by Gasteiger charge is -2.41. The van der Waals surface area contributed by atoms with Gasteiger partial charge in [-0.2, -0.15) is 0 Å². The van der Waals surface area contributed by atoms with Crippen LogP contribution < -0.4 is 4.74 Å². The number of ether oxygens (including phenoxy) is 2. The summed E-state index contributed by atoms with van der Waals surface area (Å²) in [6.45, 7) is 4.17. The van der Waals surface area contributed by atoms with Crippen molar-refractivity contribution in [3.05, 3.63) is 63.7 Å². The Balaban J connectivity index is 1.43. The number of aliphatic hydroxyl groups excluding tert-OH is 1. The molecule has 2 aromatic carbocycles. The van der Waals surface area contributed by atoms with Crippen molar-refractivity contribution in [3.8, 4) is 5.75 Å². The van der Waals surface area contributed by atoms with E-state index < -0.39 is 11.6 Å². The van der Waals surface area contributed by atoms with E-state index in [0.717, 1.165) is 42.3 Å². The number of aliphatic hydroxyl groups is 1. The van der Waals surface area contributed by atoms with E-state index in [1.165, 1.54) is 11.8 Å². The number of fused-ring (bicyclic) bond motifs is 1. The van der Waals surface area contributed by atoms with Gasteiger partial charge in [0.15, 0.2) is 5.16 Å². The number of esters is 1. The second-order valence-electron chi connectivity index (χ2n) is 10.3. The summed E-state index contributed by atoms with van der Waals surface area (Å²) in [5, 5.41) is 12.5. The van der Waals surface area contributed by atoms with Crippen LogP contribution in [0.3, 0.4) is 0 Å². The molecule has 0 spiro atoms. The molecule has 1 aromatic heterocycles. The van der Waals surface area contributed by atoms with Crippen molar-refractivity contribution in [2.45, 2.75) is 75.6 Å². The third-order valence-electron chi connectivity index (χ3n) is 7.64. The smallest absolute Gasteiger partial charge is 0.349 e. The van der Waals surface area contributed by atoms with Gasteiger partial charge in [-0.3, -0.25) is 0 Å². The summed E-state index contributed by atoms with van der Waals surface area (Å²) in [6, 6.07) is 13.8. The molecule has 1 fully saturated rings. The highest BCUT2D eigenvalue weighted by Crippen LogP contribution is 2.48. The van der Waals surface area contributed by atoms with Crippen molar-refractivity contribution in [3.63, 3.8) is 0 Å². The van der Waals surface area contributed by atoms with Crippen molar-refractivity contribution in [1.82, 2.24) is 9.55 Å². The molecule has 0 saturated heterocycles. The number of thioether (sulfide) groups is 1. The van der Waals surface area contributed by atoms with Gasteiger partial charge in [-0.15, -0.1) is 0 Å². The van der Waals surface area contributed by atoms with Crippen LogP contribution in [0.25, 0.3) is 11.0 Å². The second kappa shape index (κ2) is 10.6. The van der Waals surface area contributed by atoms with Crippen LogP contribution in [0.1, 0.15) is 64.0 Å². The molecule has 1 aliphatic carbocycles. The highest BCUT2D eigenvalue weighted by molar-refractivity contribution is 8.03. The van der Waals surface area contributed by atoms with Crippen LogP contribution in [0, 0.1) is 5.92 Å². The molecule has 1 saturated carbocycles. The summed E-state index contributed by atoms with van der Waals surface area (Å²) in [4.78, 5) is 18.5. The summed E-state index contributed by atoms with van der Waals surface area (Å²) in [5.74, 6) is 0.493. The largest absolute Gasteiger partial charge is 0.511 e. The van der Waals surface area contributed by atoms with E-state index >= 15 is 0 Å². The number of nitrogens with zero attached hydrogens (tertiary/aromatic N) is 2. The van der Waals surface area contributed by atoms with Crippen LogP contribution in [0.15, 0.2) is 58.3 Å². The maximum Gasteiger partial charge on any atom is 0.349 e. The summed E-state index contributed by atoms with van der Waals surface area (Å²) >= 11 is 7.55. The summed E-state index contributed by atoms with van der Waals surface area (Å²) in [5.41, 5.74) is 2.18. The average molecular weight is 541 g/mol. The van der Waals surface area contributed by atoms with Crippen molar-refractivity contribution >= 4 is 40.4 Å². The number of hydrogen-bond donors (Lipinski definition) is 1. The maximum absolute atomic E-state index is 13.5. The molecule has 1 aliphatic heterocycles. The number of benzene rings is 2. The Morgan fingerprint density at radius 3 is 2.68 bits per heavy atom. The summed E-state index contributed by atoms with van der Waals surface area (Å²) in [6.07, 6.45) is 5.85. The molecular formula is C29H33ClN2O4S. The van der Waals surface area contributed by atoms with Gasteiger partial charge in [0, 0.05) is 12.5 Å². The third-order valence-corrected chi connectivity index (χ3v) is 9.01. The first-order valence-electron chi connectivity index (χ1n) is 12.9. The molecule has 2 aliphatic rings. The zero-order valence-corrected chi connectivity index (χ0v) is 23.1. The fourth-order valence-electron chi connectivity index (χ4n) is 5.78. The Bertz CT molecular complexity index is 1340. The number of hydrogen-bond acceptors (Lipinski definition) is 6. The van der Waals surface area contributed by atoms with Gasteiger partial charge in [0.2, 0.25) is 0 Å². The highest BCUT2D eigenvalue weighted by atomic mass is 35.5. The van der Waals surface area contributed by atoms with Gasteiger partial charge in [-0.05, 0) is 87.0 Å². The lowest BCUT2D eigenvalue weighted by Crippen LogP contribution is -2.45. The zero-order valence-electron chi connectivity index (χ0n) is 21.5. The normalized spacial score (nSPS) is 20.7. The molecule has 1 N–H and O–H groups in total. The van der Waals surface area contributed by atoms with Gasteiger partial charge in [-0.25, -0.2) is 9.78 Å². The van der Waals surface area contributed by atoms with Crippen LogP contribution in [0.4, 0.5) is 0 Å². The van der Waals surface area contributed by atoms with E-state index in [1.807, 2.05) is 42.5 Å². The van der Waals surface area contributed by atoms with E-state index in [-0.39, 0.29) is 22.6 Å². The minimum Gasteiger partial charge on any atom is -0.511 e. The first kappa shape index (κ1) is 26.0. The van der Waals surface area contributed by atoms with Gasteiger partial charge >= 0.3 is 5.97 Å². The molecule has 0 amide bonds. The fraction of sp³-hybridized carbons (Fsp3) is 0.448. The standard InChI is InChI=1S/C29H33ClN2O4S/c1-18(2)32-23-11-7-6-10-22(23)31-28(32)37-26-24(33)17-29(36-27(26)34,20-8-4-5-9-20)15-14-19-12-13-25(35-3)21(30)16-19/h6-7,10-13,16,18,20,33H,4-5,8-9,14-15,17H2,1-3H3. The van der Waals surface area contributed by atoms with Gasteiger partial charge < -0.3 is 19.1 Å². The molecule has 196 valence electrons. The van der Waals surface area contributed by atoms with E-state index in [4.69, 9.17) is 26.1 Å². The van der Waals surface area contributed by atoms with Crippen LogP contribution in [0.5, 0.6) is 5.75 Å². The Kier molecular flexibility index (Phi) is 7.46. The summed E-state index contributed by atoms with van der Waals surface area (Å²) in [7, 11) is 1.60. The SMILES string of the molecule is COc1ccc(CCC2(C3CCCC3)CC(O)=C(Sc3nc4ccccc4n3C(C)C)C(=O)O2)cc1Cl. The predicted molar refractivity (Wildman–Crippen MR) is 147 cm³/mol. The molecule has 2 heterocycles. The molecular weight excluding hydrogens is 508 g/mol. The van der Waals surface area contributed by atoms with Crippen LogP contribution >= 0.6 is 23.4 Å². The molecule has 37 heavy (non-hydrogen) atoms. The van der Waals surface area contributed by atoms with Gasteiger partial charge in [0.1, 0.15) is 22.0 Å². The lowest BCUT2D eigenvalue weighted by atomic mass is 9.77. The Labute approximate surface area is 227 Å². The number of imidazole rings is 1. The van der Waals surface area contributed by atoms with Crippen molar-refractivity contribution in [2.75, 3.05) is 7.11 Å². The van der Waals surface area contributed by atoms with Crippen molar-refractivity contribution in [1.29, 1.82) is 0 Å². The maximum atomic E-state index is 13.5. The number of carbonyl (C=O) groups is 1. The predicted octanol–water partition coefficient (Wildman–Crippen LogP) is 7.65. The number of aryl methyl sites for hydroxylation is 1. The third kappa shape index (κ3) is 5.08. The number of aromatic nitrogens is 2. The fourth-order valence-corrected chi connectivity index (χ4v) is 7.11. The number of carbonyl (C=O) groups excluding carboxylic acids is 1. The summed E-state index contributed by atoms with van der Waals surface area (Å²) < 4.78 is 13.7. The molecule has 1 unspecified atom stereocenters. The molecule has 5 rings (SSSR count). The number of methoxy groups -OCH3 is 1. The minimum absolute atomic E-state index is 0.100. The quantitative estimate of drug-likeness (QED) is 0.296. The Morgan fingerprint density at radius 2 is 2.00 bits per heavy atom. The van der Waals surface area contributed by atoms with E-state index in [1.54, 1.807) is 7.11 Å². The average Bonchev–Trinajstić information content (AvgIpc) is 3.53. The van der Waals surface area contributed by atoms with E-state index in [2.05, 4.69) is 18.4 Å². The minimum atomic E-state index is -0.730. The van der Waals surface area contributed by atoms with Crippen LogP contribution in [-0.4, -0.2) is 33.3 Å². The Hall–Kier alpha value is -2.64. The molecule has 3 aromatic rings. The van der Waals surface area contributed by atoms with E-state index in [0.29, 0.717) is 35.2 Å². The Morgan fingerprint density at radius 1 is 1.24 bits per heavy atom. The zero-order chi connectivity index (χ0) is 26.2. The van der Waals surface area contributed by atoms with E-state index in [9.17, 15) is 9.90 Å². The number of halogens is 1. The molecule has 0 radical (unpaired) electrons. The number of cyclic esters (lactones) is 1. The van der Waals surface area contributed by atoms with Crippen molar-refractivity contribution < 1.29 is 19.4 Å². The highest BCUT2D eigenvalue weighted by Gasteiger charge is 2.48. The van der Waals surface area contributed by atoms with Crippen LogP contribution in [-0.2, 0) is 16.0 Å². The first-order valence-corrected chi connectivity index (χ1v) is 14.1. The molecule has 6 nitrogen and oxygen atoms in total. The van der Waals surface area contributed by atoms with Gasteiger partial charge in [-0.1, -0.05) is 42.6 Å². The lowest BCUT2D eigenvalue weighted by molar-refractivity contribution is -0.166. The first-order chi connectivity index (χ1) is 17.8. The van der Waals surface area contributed by atoms with Crippen LogP contribution in [0.2, 0.25) is 5.02 Å². The number of rotatable bonds is 8. The van der Waals surface area contributed by atoms with Gasteiger partial charge in [0.25, 0.3) is 0 Å². The molecule has 8 heteroatoms. The monoisotopic (exact) mass is 540 g/mol. The number of para-hydroxylation sites is 2. The molecule has 0 bridgehead atoms. The second-order valence-corrected chi connectivity index (χ2v) is 11.7. The van der Waals surface area contributed by atoms with Gasteiger partial charge in [0.05, 0.1) is 23.2 Å².